The molecule has 4 N–H and O–H groups in total. The summed E-state index contributed by atoms with van der Waals surface area (Å²) in [5.41, 5.74) is 0. The Kier molecular flexibility index (Phi) is 8.81. The molecule has 0 heterocycles. The maximum atomic E-state index is 11.4. The minimum atomic E-state index is -1.05. The third kappa shape index (κ3) is 8.68. The van der Waals surface area contributed by atoms with E-state index in [-0.39, 0.29) is 12.5 Å². The first-order valence-electron chi connectivity index (χ1n) is 5.48. The molecule has 1 atom stereocenters. The molecular weight excluding hydrogens is 258 g/mol. The van der Waals surface area contributed by atoms with Crippen molar-refractivity contribution in [3.63, 3.8) is 0 Å². The van der Waals surface area contributed by atoms with Crippen LogP contribution in [0.5, 0.6) is 0 Å². The summed E-state index contributed by atoms with van der Waals surface area (Å²) >= 11 is 1.52. The molecule has 0 bridgehead atoms. The first-order chi connectivity index (χ1) is 8.47. The Morgan fingerprint density at radius 1 is 1.22 bits per heavy atom. The van der Waals surface area contributed by atoms with Crippen molar-refractivity contribution in [3.8, 4) is 0 Å². The number of thioether (sulfide) groups is 1. The summed E-state index contributed by atoms with van der Waals surface area (Å²) in [7, 11) is 0. The Bertz CT molecular complexity index is 299. The SMILES string of the molecule is CSCC[C@@H](NC(=O)NCCNC(C)=O)C(=O)O. The number of carbonyl (C=O) groups excluding carboxylic acids is 2. The van der Waals surface area contributed by atoms with Gasteiger partial charge in [0.05, 0.1) is 0 Å². The minimum absolute atomic E-state index is 0.180. The van der Waals surface area contributed by atoms with Crippen molar-refractivity contribution in [3.05, 3.63) is 0 Å². The molecule has 0 aliphatic carbocycles. The van der Waals surface area contributed by atoms with E-state index < -0.39 is 18.0 Å². The molecule has 0 unspecified atom stereocenters. The van der Waals surface area contributed by atoms with Crippen molar-refractivity contribution in [2.24, 2.45) is 0 Å². The third-order valence-corrected chi connectivity index (χ3v) is 2.64. The summed E-state index contributed by atoms with van der Waals surface area (Å²) in [6.07, 6.45) is 2.24. The molecule has 0 aliphatic rings. The largest absolute Gasteiger partial charge is 0.480 e. The van der Waals surface area contributed by atoms with Crippen LogP contribution in [0, 0.1) is 0 Å². The highest BCUT2D eigenvalue weighted by molar-refractivity contribution is 7.98. The van der Waals surface area contributed by atoms with Crippen LogP contribution >= 0.6 is 11.8 Å². The fourth-order valence-electron chi connectivity index (χ4n) is 1.12. The van der Waals surface area contributed by atoms with Crippen LogP contribution in [-0.2, 0) is 9.59 Å². The van der Waals surface area contributed by atoms with Gasteiger partial charge in [-0.15, -0.1) is 0 Å². The molecule has 0 aromatic heterocycles. The molecule has 0 saturated carbocycles. The number of aliphatic carboxylic acids is 1. The van der Waals surface area contributed by atoms with Gasteiger partial charge in [-0.05, 0) is 18.4 Å². The maximum absolute atomic E-state index is 11.4. The molecule has 0 radical (unpaired) electrons. The first kappa shape index (κ1) is 16.6. The lowest BCUT2D eigenvalue weighted by Crippen LogP contribution is -2.47. The van der Waals surface area contributed by atoms with E-state index in [2.05, 4.69) is 16.0 Å². The molecule has 0 fully saturated rings. The Labute approximate surface area is 110 Å². The van der Waals surface area contributed by atoms with E-state index in [1.165, 1.54) is 18.7 Å². The molecule has 0 rings (SSSR count). The minimum Gasteiger partial charge on any atom is -0.480 e. The molecule has 0 aromatic carbocycles. The number of hydrogen-bond donors (Lipinski definition) is 4. The first-order valence-corrected chi connectivity index (χ1v) is 6.87. The summed E-state index contributed by atoms with van der Waals surface area (Å²) in [5.74, 6) is -0.579. The number of nitrogens with one attached hydrogen (secondary N) is 3. The quantitative estimate of drug-likeness (QED) is 0.453. The third-order valence-electron chi connectivity index (χ3n) is 2.00. The van der Waals surface area contributed by atoms with Gasteiger partial charge in [0.1, 0.15) is 6.04 Å². The van der Waals surface area contributed by atoms with Crippen molar-refractivity contribution in [2.75, 3.05) is 25.1 Å². The van der Waals surface area contributed by atoms with E-state index in [0.29, 0.717) is 18.7 Å². The number of amides is 3. The predicted molar refractivity (Wildman–Crippen MR) is 69.6 cm³/mol. The summed E-state index contributed by atoms with van der Waals surface area (Å²) in [6, 6.07) is -1.44. The molecule has 0 aromatic rings. The molecule has 0 saturated heterocycles. The van der Waals surface area contributed by atoms with Gasteiger partial charge in [-0.3, -0.25) is 4.79 Å². The molecular formula is C10H19N3O4S. The normalized spacial score (nSPS) is 11.4. The Morgan fingerprint density at radius 3 is 2.33 bits per heavy atom. The van der Waals surface area contributed by atoms with Crippen molar-refractivity contribution in [1.82, 2.24) is 16.0 Å². The topological polar surface area (TPSA) is 108 Å². The lowest BCUT2D eigenvalue weighted by Gasteiger charge is -2.14. The van der Waals surface area contributed by atoms with Crippen molar-refractivity contribution in [2.45, 2.75) is 19.4 Å². The molecule has 0 aliphatic heterocycles. The van der Waals surface area contributed by atoms with Crippen LogP contribution in [0.4, 0.5) is 4.79 Å². The Balaban J connectivity index is 3.87. The highest BCUT2D eigenvalue weighted by Crippen LogP contribution is 2.00. The van der Waals surface area contributed by atoms with Gasteiger partial charge in [0, 0.05) is 20.0 Å². The monoisotopic (exact) mass is 277 g/mol. The smallest absolute Gasteiger partial charge is 0.326 e. The summed E-state index contributed by atoms with van der Waals surface area (Å²) in [6.45, 7) is 1.94. The van der Waals surface area contributed by atoms with Gasteiger partial charge in [0.15, 0.2) is 0 Å². The fourth-order valence-corrected chi connectivity index (χ4v) is 1.59. The van der Waals surface area contributed by atoms with Crippen LogP contribution in [0.2, 0.25) is 0 Å². The van der Waals surface area contributed by atoms with Crippen LogP contribution in [0.25, 0.3) is 0 Å². The molecule has 8 heteroatoms. The standard InChI is InChI=1S/C10H19N3O4S/c1-7(14)11-4-5-12-10(17)13-8(9(15)16)3-6-18-2/h8H,3-6H2,1-2H3,(H,11,14)(H,15,16)(H2,12,13,17)/t8-/m1/s1. The van der Waals surface area contributed by atoms with Gasteiger partial charge < -0.3 is 21.1 Å². The zero-order chi connectivity index (χ0) is 14.0. The summed E-state index contributed by atoms with van der Waals surface area (Å²) < 4.78 is 0. The van der Waals surface area contributed by atoms with Crippen LogP contribution in [-0.4, -0.2) is 54.2 Å². The molecule has 0 spiro atoms. The highest BCUT2D eigenvalue weighted by atomic mass is 32.2. The van der Waals surface area contributed by atoms with Crippen LogP contribution < -0.4 is 16.0 Å². The van der Waals surface area contributed by atoms with Crippen molar-refractivity contribution in [1.29, 1.82) is 0 Å². The lowest BCUT2D eigenvalue weighted by molar-refractivity contribution is -0.139. The average molecular weight is 277 g/mol. The van der Waals surface area contributed by atoms with Crippen LogP contribution in [0.3, 0.4) is 0 Å². The van der Waals surface area contributed by atoms with Gasteiger partial charge >= 0.3 is 12.0 Å². The number of urea groups is 1. The van der Waals surface area contributed by atoms with Gasteiger partial charge in [-0.25, -0.2) is 9.59 Å². The van der Waals surface area contributed by atoms with Gasteiger partial charge in [-0.2, -0.15) is 11.8 Å². The summed E-state index contributed by atoms with van der Waals surface area (Å²) in [5, 5.41) is 16.2. The van der Waals surface area contributed by atoms with Crippen LogP contribution in [0.15, 0.2) is 0 Å². The molecule has 3 amide bonds. The van der Waals surface area contributed by atoms with Gasteiger partial charge in [0.2, 0.25) is 5.91 Å². The Morgan fingerprint density at radius 2 is 1.83 bits per heavy atom. The van der Waals surface area contributed by atoms with Crippen LogP contribution in [0.1, 0.15) is 13.3 Å². The van der Waals surface area contributed by atoms with Gasteiger partial charge in [0.25, 0.3) is 0 Å². The second-order valence-corrected chi connectivity index (χ2v) is 4.54. The fraction of sp³-hybridized carbons (Fsp3) is 0.700. The molecule has 18 heavy (non-hydrogen) atoms. The van der Waals surface area contributed by atoms with E-state index in [0.717, 1.165) is 0 Å². The van der Waals surface area contributed by atoms with Gasteiger partial charge in [-0.1, -0.05) is 0 Å². The second kappa shape index (κ2) is 9.58. The van der Waals surface area contributed by atoms with E-state index in [9.17, 15) is 14.4 Å². The number of rotatable bonds is 8. The number of carbonyl (C=O) groups is 3. The molecule has 104 valence electrons. The highest BCUT2D eigenvalue weighted by Gasteiger charge is 2.18. The van der Waals surface area contributed by atoms with E-state index in [4.69, 9.17) is 5.11 Å². The summed E-state index contributed by atoms with van der Waals surface area (Å²) in [4.78, 5) is 32.8. The van der Waals surface area contributed by atoms with E-state index >= 15 is 0 Å². The van der Waals surface area contributed by atoms with Crippen molar-refractivity contribution < 1.29 is 19.5 Å². The number of carboxylic acid groups (broad SMARTS) is 1. The maximum Gasteiger partial charge on any atom is 0.326 e. The zero-order valence-electron chi connectivity index (χ0n) is 10.5. The number of carboxylic acids is 1. The van der Waals surface area contributed by atoms with E-state index in [1.54, 1.807) is 0 Å². The average Bonchev–Trinajstić information content (AvgIpc) is 2.29. The predicted octanol–water partition coefficient (Wildman–Crippen LogP) is -0.372. The van der Waals surface area contributed by atoms with E-state index in [1.807, 2.05) is 6.26 Å². The lowest BCUT2D eigenvalue weighted by atomic mass is 10.2. The Hall–Kier alpha value is -1.44. The molecule has 7 nitrogen and oxygen atoms in total. The number of hydrogen-bond acceptors (Lipinski definition) is 4. The van der Waals surface area contributed by atoms with Crippen molar-refractivity contribution >= 4 is 29.7 Å². The zero-order valence-corrected chi connectivity index (χ0v) is 11.3. The second-order valence-electron chi connectivity index (χ2n) is 3.56.